The van der Waals surface area contributed by atoms with Gasteiger partial charge in [-0.25, -0.2) is 0 Å². The van der Waals surface area contributed by atoms with Crippen LogP contribution in [0.2, 0.25) is 0 Å². The minimum atomic E-state index is -1.08. The summed E-state index contributed by atoms with van der Waals surface area (Å²) in [7, 11) is -1.08. The van der Waals surface area contributed by atoms with Crippen LogP contribution in [0.1, 0.15) is 18.4 Å². The monoisotopic (exact) mass is 342 g/mol. The number of nitrogens with one attached hydrogen (secondary N) is 2. The Bertz CT molecular complexity index is 714. The van der Waals surface area contributed by atoms with Crippen molar-refractivity contribution in [1.29, 1.82) is 0 Å². The van der Waals surface area contributed by atoms with Gasteiger partial charge >= 0.3 is 0 Å². The van der Waals surface area contributed by atoms with E-state index >= 15 is 0 Å². The molecule has 0 spiro atoms. The number of amides is 1. The highest BCUT2D eigenvalue weighted by Gasteiger charge is 2.20. The Balaban J connectivity index is 1.53. The third-order valence-electron chi connectivity index (χ3n) is 3.93. The fraction of sp³-hybridized carbons (Fsp3) is 0.316. The molecule has 24 heavy (non-hydrogen) atoms. The highest BCUT2D eigenvalue weighted by atomic mass is 32.2. The van der Waals surface area contributed by atoms with E-state index in [1.807, 2.05) is 54.6 Å². The van der Waals surface area contributed by atoms with E-state index in [1.165, 1.54) is 12.8 Å². The fourth-order valence-corrected chi connectivity index (χ4v) is 3.57. The van der Waals surface area contributed by atoms with E-state index in [9.17, 15) is 9.00 Å². The molecule has 0 aliphatic heterocycles. The van der Waals surface area contributed by atoms with Crippen LogP contribution in [0.15, 0.2) is 59.5 Å². The van der Waals surface area contributed by atoms with Gasteiger partial charge in [-0.05, 0) is 55.1 Å². The molecule has 2 N–H and O–H groups in total. The summed E-state index contributed by atoms with van der Waals surface area (Å²) >= 11 is 0. The van der Waals surface area contributed by atoms with Crippen LogP contribution >= 0.6 is 0 Å². The maximum atomic E-state index is 12.4. The van der Waals surface area contributed by atoms with Gasteiger partial charge in [0, 0.05) is 10.6 Å². The quantitative estimate of drug-likeness (QED) is 0.775. The molecule has 1 fully saturated rings. The molecule has 126 valence electrons. The Morgan fingerprint density at radius 1 is 1.08 bits per heavy atom. The Kier molecular flexibility index (Phi) is 5.77. The van der Waals surface area contributed by atoms with Gasteiger partial charge in [0.1, 0.15) is 0 Å². The zero-order valence-corrected chi connectivity index (χ0v) is 14.4. The topological polar surface area (TPSA) is 58.2 Å². The summed E-state index contributed by atoms with van der Waals surface area (Å²) in [5.41, 5.74) is 1.69. The van der Waals surface area contributed by atoms with Crippen molar-refractivity contribution in [3.05, 3.63) is 60.2 Å². The van der Waals surface area contributed by atoms with E-state index in [4.69, 9.17) is 0 Å². The van der Waals surface area contributed by atoms with Gasteiger partial charge in [0.2, 0.25) is 5.91 Å². The van der Waals surface area contributed by atoms with E-state index < -0.39 is 10.8 Å². The molecule has 1 aliphatic rings. The maximum absolute atomic E-state index is 12.4. The van der Waals surface area contributed by atoms with Gasteiger partial charge < -0.3 is 10.6 Å². The second-order valence-electron chi connectivity index (χ2n) is 6.13. The molecular weight excluding hydrogens is 320 g/mol. The molecule has 1 aliphatic carbocycles. The van der Waals surface area contributed by atoms with E-state index in [2.05, 4.69) is 10.6 Å². The smallest absolute Gasteiger partial charge is 0.238 e. The van der Waals surface area contributed by atoms with Crippen molar-refractivity contribution in [2.24, 2.45) is 5.92 Å². The van der Waals surface area contributed by atoms with Crippen LogP contribution in [-0.2, 0) is 21.3 Å². The first-order valence-corrected chi connectivity index (χ1v) is 9.55. The van der Waals surface area contributed by atoms with Crippen molar-refractivity contribution >= 4 is 22.4 Å². The van der Waals surface area contributed by atoms with Crippen molar-refractivity contribution < 1.29 is 9.00 Å². The third kappa shape index (κ3) is 5.28. The van der Waals surface area contributed by atoms with Crippen LogP contribution in [0.4, 0.5) is 5.69 Å². The van der Waals surface area contributed by atoms with Crippen LogP contribution in [-0.4, -0.2) is 23.2 Å². The maximum Gasteiger partial charge on any atom is 0.238 e. The van der Waals surface area contributed by atoms with Crippen LogP contribution in [0, 0.1) is 5.92 Å². The van der Waals surface area contributed by atoms with Crippen LogP contribution < -0.4 is 10.6 Å². The zero-order valence-electron chi connectivity index (χ0n) is 13.5. The molecule has 2 aromatic rings. The molecule has 4 nitrogen and oxygen atoms in total. The van der Waals surface area contributed by atoms with Crippen molar-refractivity contribution in [1.82, 2.24) is 5.32 Å². The van der Waals surface area contributed by atoms with Crippen molar-refractivity contribution in [3.8, 4) is 0 Å². The second-order valence-corrected chi connectivity index (χ2v) is 7.58. The Hall–Kier alpha value is -1.98. The molecule has 3 rings (SSSR count). The standard InChI is InChI=1S/C19H22N2O2S/c22-19(13-20-12-15-9-10-15)21-17-6-4-5-16(11-17)14-24(23)18-7-2-1-3-8-18/h1-8,11,15,20H,9-10,12-14H2,(H,21,22). The minimum Gasteiger partial charge on any atom is -0.325 e. The molecule has 0 heterocycles. The number of hydrogen-bond donors (Lipinski definition) is 2. The van der Waals surface area contributed by atoms with Crippen LogP contribution in [0.5, 0.6) is 0 Å². The predicted octanol–water partition coefficient (Wildman–Crippen LogP) is 2.93. The molecule has 1 atom stereocenters. The highest BCUT2D eigenvalue weighted by Crippen LogP contribution is 2.27. The molecule has 1 saturated carbocycles. The first kappa shape index (κ1) is 16.9. The Labute approximate surface area is 145 Å². The molecule has 2 aromatic carbocycles. The average Bonchev–Trinajstić information content (AvgIpc) is 3.40. The first-order chi connectivity index (χ1) is 11.7. The lowest BCUT2D eigenvalue weighted by atomic mass is 10.2. The number of hydrogen-bond acceptors (Lipinski definition) is 3. The van der Waals surface area contributed by atoms with Crippen LogP contribution in [0.25, 0.3) is 0 Å². The van der Waals surface area contributed by atoms with E-state index in [1.54, 1.807) is 0 Å². The number of anilines is 1. The summed E-state index contributed by atoms with van der Waals surface area (Å²) in [6, 6.07) is 17.0. The largest absolute Gasteiger partial charge is 0.325 e. The van der Waals surface area contributed by atoms with Gasteiger partial charge in [0.05, 0.1) is 23.1 Å². The lowest BCUT2D eigenvalue weighted by molar-refractivity contribution is -0.115. The van der Waals surface area contributed by atoms with Gasteiger partial charge in [-0.2, -0.15) is 0 Å². The predicted molar refractivity (Wildman–Crippen MR) is 97.2 cm³/mol. The summed E-state index contributed by atoms with van der Waals surface area (Å²) in [6.45, 7) is 1.25. The summed E-state index contributed by atoms with van der Waals surface area (Å²) in [4.78, 5) is 12.8. The summed E-state index contributed by atoms with van der Waals surface area (Å²) < 4.78 is 12.4. The number of carbonyl (C=O) groups is 1. The number of carbonyl (C=O) groups excluding carboxylic acids is 1. The molecule has 0 radical (unpaired) electrons. The van der Waals surface area contributed by atoms with Crippen molar-refractivity contribution in [2.75, 3.05) is 18.4 Å². The molecule has 0 bridgehead atoms. The Morgan fingerprint density at radius 3 is 2.62 bits per heavy atom. The third-order valence-corrected chi connectivity index (χ3v) is 5.32. The number of rotatable bonds is 8. The van der Waals surface area contributed by atoms with Gasteiger partial charge in [-0.3, -0.25) is 9.00 Å². The fourth-order valence-electron chi connectivity index (χ4n) is 2.46. The van der Waals surface area contributed by atoms with Crippen LogP contribution in [0.3, 0.4) is 0 Å². The summed E-state index contributed by atoms with van der Waals surface area (Å²) in [6.07, 6.45) is 2.55. The SMILES string of the molecule is O=C(CNCC1CC1)Nc1cccc(CS(=O)c2ccccc2)c1. The van der Waals surface area contributed by atoms with Crippen molar-refractivity contribution in [3.63, 3.8) is 0 Å². The molecule has 1 amide bonds. The molecule has 0 aromatic heterocycles. The zero-order chi connectivity index (χ0) is 16.8. The molecule has 5 heteroatoms. The average molecular weight is 342 g/mol. The summed E-state index contributed by atoms with van der Waals surface area (Å²) in [5.74, 6) is 1.15. The molecule has 0 saturated heterocycles. The van der Waals surface area contributed by atoms with E-state index in [0.29, 0.717) is 12.3 Å². The van der Waals surface area contributed by atoms with E-state index in [0.717, 1.165) is 28.6 Å². The van der Waals surface area contributed by atoms with Gasteiger partial charge in [-0.1, -0.05) is 30.3 Å². The summed E-state index contributed by atoms with van der Waals surface area (Å²) in [5, 5.41) is 6.06. The van der Waals surface area contributed by atoms with Crippen molar-refractivity contribution in [2.45, 2.75) is 23.5 Å². The normalized spacial score (nSPS) is 15.0. The van der Waals surface area contributed by atoms with Gasteiger partial charge in [-0.15, -0.1) is 0 Å². The minimum absolute atomic E-state index is 0.0445. The van der Waals surface area contributed by atoms with E-state index in [-0.39, 0.29) is 5.91 Å². The van der Waals surface area contributed by atoms with Gasteiger partial charge in [0.15, 0.2) is 0 Å². The molecule has 1 unspecified atom stereocenters. The number of benzene rings is 2. The first-order valence-electron chi connectivity index (χ1n) is 8.23. The second kappa shape index (κ2) is 8.22. The lowest BCUT2D eigenvalue weighted by Gasteiger charge is -2.08. The highest BCUT2D eigenvalue weighted by molar-refractivity contribution is 7.84. The lowest BCUT2D eigenvalue weighted by Crippen LogP contribution is -2.29. The van der Waals surface area contributed by atoms with Gasteiger partial charge in [0.25, 0.3) is 0 Å². The molecular formula is C19H22N2O2S. The Morgan fingerprint density at radius 2 is 1.88 bits per heavy atom.